The number of H-pyrrole nitrogens is 1. The lowest BCUT2D eigenvalue weighted by atomic mass is 10.0. The van der Waals surface area contributed by atoms with E-state index in [-0.39, 0.29) is 6.47 Å². The van der Waals surface area contributed by atoms with Gasteiger partial charge in [-0.2, -0.15) is 0 Å². The lowest BCUT2D eigenvalue weighted by molar-refractivity contribution is -0.122. The van der Waals surface area contributed by atoms with E-state index >= 15 is 0 Å². The summed E-state index contributed by atoms with van der Waals surface area (Å²) in [5.41, 5.74) is 5.20. The molecule has 2 aromatic carbocycles. The van der Waals surface area contributed by atoms with Crippen LogP contribution in [0.5, 0.6) is 0 Å². The van der Waals surface area contributed by atoms with Gasteiger partial charge in [0.1, 0.15) is 0 Å². The second-order valence-corrected chi connectivity index (χ2v) is 7.40. The van der Waals surface area contributed by atoms with E-state index in [2.05, 4.69) is 69.8 Å². The molecule has 0 amide bonds. The molecule has 5 nitrogen and oxygen atoms in total. The molecule has 1 aliphatic rings. The first-order chi connectivity index (χ1) is 14.3. The number of para-hydroxylation sites is 1. The Bertz CT molecular complexity index is 870. The summed E-state index contributed by atoms with van der Waals surface area (Å²) < 4.78 is 0. The summed E-state index contributed by atoms with van der Waals surface area (Å²) in [5, 5.41) is 11.9. The predicted molar refractivity (Wildman–Crippen MR) is 119 cm³/mol. The molecule has 0 spiro atoms. The number of likely N-dealkylation sites (tertiary alicyclic amines) is 1. The van der Waals surface area contributed by atoms with Crippen LogP contribution in [0.15, 0.2) is 54.6 Å². The number of fused-ring (bicyclic) bond motifs is 1. The summed E-state index contributed by atoms with van der Waals surface area (Å²) in [6, 6.07) is 19.3. The molecule has 3 aromatic rings. The van der Waals surface area contributed by atoms with Gasteiger partial charge in [0.25, 0.3) is 6.47 Å². The van der Waals surface area contributed by atoms with E-state index < -0.39 is 0 Å². The first-order valence-corrected chi connectivity index (χ1v) is 10.5. The SMILES string of the molecule is O=CO.c1ccc(-c2[nH]c3ccccc3c2CCNCCCN2CCCC2)cc1. The number of rotatable bonds is 8. The van der Waals surface area contributed by atoms with E-state index in [1.807, 2.05) is 0 Å². The van der Waals surface area contributed by atoms with E-state index in [0.717, 1.165) is 19.5 Å². The smallest absolute Gasteiger partial charge is 0.290 e. The first kappa shape index (κ1) is 21.1. The zero-order valence-corrected chi connectivity index (χ0v) is 16.9. The fourth-order valence-electron chi connectivity index (χ4n) is 4.08. The molecule has 4 rings (SSSR count). The molecule has 1 saturated heterocycles. The summed E-state index contributed by atoms with van der Waals surface area (Å²) in [4.78, 5) is 14.6. The highest BCUT2D eigenvalue weighted by Crippen LogP contribution is 2.30. The number of carbonyl (C=O) groups is 1. The molecule has 1 aromatic heterocycles. The van der Waals surface area contributed by atoms with Crippen LogP contribution in [0.2, 0.25) is 0 Å². The number of aromatic nitrogens is 1. The molecule has 0 saturated carbocycles. The molecule has 5 heteroatoms. The fraction of sp³-hybridized carbons (Fsp3) is 0.375. The summed E-state index contributed by atoms with van der Waals surface area (Å²) in [5.74, 6) is 0. The van der Waals surface area contributed by atoms with Gasteiger partial charge in [-0.1, -0.05) is 48.5 Å². The third-order valence-electron chi connectivity index (χ3n) is 5.45. The van der Waals surface area contributed by atoms with Crippen molar-refractivity contribution in [2.45, 2.75) is 25.7 Å². The van der Waals surface area contributed by atoms with Gasteiger partial charge in [0.05, 0.1) is 0 Å². The Morgan fingerprint density at radius 3 is 2.45 bits per heavy atom. The van der Waals surface area contributed by atoms with Gasteiger partial charge in [0.15, 0.2) is 0 Å². The van der Waals surface area contributed by atoms with Gasteiger partial charge in [0.2, 0.25) is 0 Å². The Morgan fingerprint density at radius 1 is 1.00 bits per heavy atom. The molecule has 1 aliphatic heterocycles. The third-order valence-corrected chi connectivity index (χ3v) is 5.45. The maximum atomic E-state index is 8.36. The van der Waals surface area contributed by atoms with Crippen molar-refractivity contribution in [3.05, 3.63) is 60.2 Å². The van der Waals surface area contributed by atoms with Crippen LogP contribution < -0.4 is 5.32 Å². The molecule has 1 fully saturated rings. The molecule has 0 atom stereocenters. The van der Waals surface area contributed by atoms with Crippen molar-refractivity contribution < 1.29 is 9.90 Å². The minimum atomic E-state index is -0.250. The molecule has 3 N–H and O–H groups in total. The van der Waals surface area contributed by atoms with Gasteiger partial charge in [-0.15, -0.1) is 0 Å². The Hall–Kier alpha value is -2.63. The Labute approximate surface area is 172 Å². The highest BCUT2D eigenvalue weighted by atomic mass is 16.3. The monoisotopic (exact) mass is 393 g/mol. The van der Waals surface area contributed by atoms with Crippen molar-refractivity contribution in [3.8, 4) is 11.3 Å². The molecule has 0 bridgehead atoms. The van der Waals surface area contributed by atoms with Crippen LogP contribution in [-0.2, 0) is 11.2 Å². The highest BCUT2D eigenvalue weighted by Gasteiger charge is 2.13. The maximum absolute atomic E-state index is 8.36. The topological polar surface area (TPSA) is 68.4 Å². The molecule has 0 aliphatic carbocycles. The van der Waals surface area contributed by atoms with Gasteiger partial charge < -0.3 is 20.3 Å². The van der Waals surface area contributed by atoms with E-state index in [4.69, 9.17) is 9.90 Å². The van der Waals surface area contributed by atoms with E-state index in [0.29, 0.717) is 0 Å². The van der Waals surface area contributed by atoms with Crippen molar-refractivity contribution in [3.63, 3.8) is 0 Å². The van der Waals surface area contributed by atoms with Crippen molar-refractivity contribution in [1.29, 1.82) is 0 Å². The van der Waals surface area contributed by atoms with E-state index in [1.54, 1.807) is 0 Å². The molecule has 0 radical (unpaired) electrons. The highest BCUT2D eigenvalue weighted by molar-refractivity contribution is 5.90. The van der Waals surface area contributed by atoms with Crippen LogP contribution in [0.1, 0.15) is 24.8 Å². The molecule has 0 unspecified atom stereocenters. The zero-order valence-electron chi connectivity index (χ0n) is 16.9. The van der Waals surface area contributed by atoms with Gasteiger partial charge in [-0.25, -0.2) is 0 Å². The number of carboxylic acid groups (broad SMARTS) is 1. The van der Waals surface area contributed by atoms with Gasteiger partial charge >= 0.3 is 0 Å². The number of benzene rings is 2. The van der Waals surface area contributed by atoms with Crippen LogP contribution in [0.3, 0.4) is 0 Å². The molecule has 29 heavy (non-hydrogen) atoms. The normalized spacial score (nSPS) is 13.9. The first-order valence-electron chi connectivity index (χ1n) is 10.5. The minimum absolute atomic E-state index is 0.250. The van der Waals surface area contributed by atoms with E-state index in [1.165, 1.54) is 66.6 Å². The number of nitrogens with one attached hydrogen (secondary N) is 2. The van der Waals surface area contributed by atoms with Crippen LogP contribution in [-0.4, -0.2) is 54.2 Å². The van der Waals surface area contributed by atoms with Crippen LogP contribution in [0.4, 0.5) is 0 Å². The average Bonchev–Trinajstić information content (AvgIpc) is 3.40. The van der Waals surface area contributed by atoms with Crippen LogP contribution in [0, 0.1) is 0 Å². The molecular formula is C24H31N3O2. The Balaban J connectivity index is 0.000000755. The number of nitrogens with zero attached hydrogens (tertiary/aromatic N) is 1. The van der Waals surface area contributed by atoms with Crippen LogP contribution >= 0.6 is 0 Å². The summed E-state index contributed by atoms with van der Waals surface area (Å²) >= 11 is 0. The fourth-order valence-corrected chi connectivity index (χ4v) is 4.08. The standard InChI is InChI=1S/C23H29N3.CH2O2/c1-2-9-19(10-3-1)23-21(20-11-4-5-12-22(20)25-23)13-15-24-14-8-18-26-16-6-7-17-26;2-1-3/h1-5,9-12,24-25H,6-8,13-18H2;1H,(H,2,3). The summed E-state index contributed by atoms with van der Waals surface area (Å²) in [6.07, 6.45) is 5.07. The average molecular weight is 394 g/mol. The van der Waals surface area contributed by atoms with Crippen molar-refractivity contribution in [1.82, 2.24) is 15.2 Å². The summed E-state index contributed by atoms with van der Waals surface area (Å²) in [6.45, 7) is 5.74. The quantitative estimate of drug-likeness (QED) is 0.397. The second-order valence-electron chi connectivity index (χ2n) is 7.40. The maximum Gasteiger partial charge on any atom is 0.290 e. The zero-order chi connectivity index (χ0) is 20.3. The Kier molecular flexibility index (Phi) is 8.28. The second kappa shape index (κ2) is 11.4. The number of aromatic amines is 1. The number of hydrogen-bond acceptors (Lipinski definition) is 3. The third kappa shape index (κ3) is 5.92. The van der Waals surface area contributed by atoms with Gasteiger partial charge in [0, 0.05) is 16.6 Å². The molecular weight excluding hydrogens is 362 g/mol. The van der Waals surface area contributed by atoms with Crippen LogP contribution in [0.25, 0.3) is 22.2 Å². The Morgan fingerprint density at radius 2 is 1.69 bits per heavy atom. The molecule has 2 heterocycles. The number of hydrogen-bond donors (Lipinski definition) is 3. The lowest BCUT2D eigenvalue weighted by Gasteiger charge is -2.14. The predicted octanol–water partition coefficient (Wildman–Crippen LogP) is 4.15. The van der Waals surface area contributed by atoms with Crippen molar-refractivity contribution in [2.24, 2.45) is 0 Å². The lowest BCUT2D eigenvalue weighted by Crippen LogP contribution is -2.25. The summed E-state index contributed by atoms with van der Waals surface area (Å²) in [7, 11) is 0. The minimum Gasteiger partial charge on any atom is -0.483 e. The largest absolute Gasteiger partial charge is 0.483 e. The van der Waals surface area contributed by atoms with Gasteiger partial charge in [-0.3, -0.25) is 4.79 Å². The molecule has 154 valence electrons. The van der Waals surface area contributed by atoms with Crippen molar-refractivity contribution >= 4 is 17.4 Å². The van der Waals surface area contributed by atoms with Crippen molar-refractivity contribution in [2.75, 3.05) is 32.7 Å². The van der Waals surface area contributed by atoms with Gasteiger partial charge in [-0.05, 0) is 75.6 Å². The van der Waals surface area contributed by atoms with E-state index in [9.17, 15) is 0 Å².